The van der Waals surface area contributed by atoms with Gasteiger partial charge in [0.15, 0.2) is 5.82 Å². The highest BCUT2D eigenvalue weighted by Gasteiger charge is 2.19. The molecular weight excluding hydrogens is 383 g/mol. The average Bonchev–Trinajstić information content (AvgIpc) is 3.18. The third-order valence-electron chi connectivity index (χ3n) is 4.59. The molecule has 1 aliphatic rings. The zero-order valence-electron chi connectivity index (χ0n) is 14.7. The van der Waals surface area contributed by atoms with E-state index in [4.69, 9.17) is 33.2 Å². The van der Waals surface area contributed by atoms with Crippen LogP contribution < -0.4 is 10.6 Å². The van der Waals surface area contributed by atoms with Crippen molar-refractivity contribution in [1.82, 2.24) is 20.2 Å². The van der Waals surface area contributed by atoms with Crippen molar-refractivity contribution in [2.45, 2.75) is 25.7 Å². The summed E-state index contributed by atoms with van der Waals surface area (Å²) in [6.45, 7) is 1.48. The van der Waals surface area contributed by atoms with Crippen molar-refractivity contribution in [3.63, 3.8) is 0 Å². The van der Waals surface area contributed by atoms with Crippen LogP contribution in [0.25, 0.3) is 11.4 Å². The van der Waals surface area contributed by atoms with Crippen LogP contribution in [-0.4, -0.2) is 33.3 Å². The van der Waals surface area contributed by atoms with Crippen molar-refractivity contribution < 1.29 is 0 Å². The fraction of sp³-hybridized carbons (Fsp3) is 0.316. The number of benzene rings is 1. The Balaban J connectivity index is 1.57. The highest BCUT2D eigenvalue weighted by Crippen LogP contribution is 2.32. The number of nitrogens with one attached hydrogen (secondary N) is 3. The molecule has 2 aromatic heterocycles. The zero-order chi connectivity index (χ0) is 18.6. The van der Waals surface area contributed by atoms with Gasteiger partial charge in [-0.2, -0.15) is 5.10 Å². The average molecular weight is 403 g/mol. The van der Waals surface area contributed by atoms with Gasteiger partial charge in [0, 0.05) is 34.9 Å². The summed E-state index contributed by atoms with van der Waals surface area (Å²) >= 11 is 12.4. The Labute approximate surface area is 167 Å². The van der Waals surface area contributed by atoms with Gasteiger partial charge in [-0.15, -0.1) is 0 Å². The molecule has 0 bridgehead atoms. The lowest BCUT2D eigenvalue weighted by atomic mass is 9.96. The van der Waals surface area contributed by atoms with E-state index in [-0.39, 0.29) is 0 Å². The van der Waals surface area contributed by atoms with Crippen LogP contribution in [0.1, 0.15) is 24.1 Å². The minimum absolute atomic E-state index is 0.560. The van der Waals surface area contributed by atoms with Crippen molar-refractivity contribution in [3.8, 4) is 11.4 Å². The number of fused-ring (bicyclic) bond motifs is 1. The number of H-pyrrole nitrogens is 1. The van der Waals surface area contributed by atoms with Crippen LogP contribution in [0.4, 0.5) is 11.6 Å². The van der Waals surface area contributed by atoms with Crippen LogP contribution in [0.3, 0.4) is 0 Å². The number of aromatic amines is 1. The molecule has 2 heterocycles. The summed E-state index contributed by atoms with van der Waals surface area (Å²) in [5, 5.41) is 14.7. The Morgan fingerprint density at radius 1 is 1.00 bits per heavy atom. The summed E-state index contributed by atoms with van der Waals surface area (Å²) in [4.78, 5) is 9.58. The van der Waals surface area contributed by atoms with E-state index in [1.54, 1.807) is 12.3 Å². The van der Waals surface area contributed by atoms with E-state index < -0.39 is 0 Å². The second-order valence-electron chi connectivity index (χ2n) is 6.48. The SMILES string of the molecule is Clc1ccc(-c2nc3c(c(NCCNc4ccn[nH]4)n2)CCCC3)c(Cl)c1. The van der Waals surface area contributed by atoms with E-state index in [9.17, 15) is 0 Å². The molecule has 0 aliphatic heterocycles. The third kappa shape index (κ3) is 4.17. The van der Waals surface area contributed by atoms with Gasteiger partial charge >= 0.3 is 0 Å². The highest BCUT2D eigenvalue weighted by molar-refractivity contribution is 6.36. The lowest BCUT2D eigenvalue weighted by molar-refractivity contribution is 0.664. The minimum Gasteiger partial charge on any atom is -0.369 e. The van der Waals surface area contributed by atoms with E-state index in [0.29, 0.717) is 15.9 Å². The quantitative estimate of drug-likeness (QED) is 0.526. The van der Waals surface area contributed by atoms with Gasteiger partial charge < -0.3 is 10.6 Å². The van der Waals surface area contributed by atoms with E-state index in [1.807, 2.05) is 18.2 Å². The monoisotopic (exact) mass is 402 g/mol. The first-order valence-electron chi connectivity index (χ1n) is 9.03. The highest BCUT2D eigenvalue weighted by atomic mass is 35.5. The van der Waals surface area contributed by atoms with Crippen LogP contribution in [0.5, 0.6) is 0 Å². The van der Waals surface area contributed by atoms with Crippen molar-refractivity contribution in [2.24, 2.45) is 0 Å². The summed E-state index contributed by atoms with van der Waals surface area (Å²) in [5.74, 6) is 2.43. The molecule has 0 spiro atoms. The molecule has 0 atom stereocenters. The molecule has 1 aliphatic carbocycles. The maximum Gasteiger partial charge on any atom is 0.163 e. The van der Waals surface area contributed by atoms with Gasteiger partial charge in [-0.3, -0.25) is 5.10 Å². The van der Waals surface area contributed by atoms with Gasteiger partial charge in [-0.1, -0.05) is 23.2 Å². The predicted molar refractivity (Wildman–Crippen MR) is 110 cm³/mol. The van der Waals surface area contributed by atoms with Crippen LogP contribution in [0.15, 0.2) is 30.5 Å². The first kappa shape index (κ1) is 18.1. The fourth-order valence-electron chi connectivity index (χ4n) is 3.26. The largest absolute Gasteiger partial charge is 0.369 e. The fourth-order valence-corrected chi connectivity index (χ4v) is 3.76. The van der Waals surface area contributed by atoms with Gasteiger partial charge in [0.2, 0.25) is 0 Å². The lowest BCUT2D eigenvalue weighted by Gasteiger charge is -2.20. The summed E-state index contributed by atoms with van der Waals surface area (Å²) < 4.78 is 0. The molecule has 140 valence electrons. The molecule has 0 radical (unpaired) electrons. The summed E-state index contributed by atoms with van der Waals surface area (Å²) in [5.41, 5.74) is 3.13. The number of aryl methyl sites for hydroxylation is 1. The molecule has 6 nitrogen and oxygen atoms in total. The third-order valence-corrected chi connectivity index (χ3v) is 5.14. The molecule has 1 aromatic carbocycles. The summed E-state index contributed by atoms with van der Waals surface area (Å²) in [6.07, 6.45) is 6.01. The predicted octanol–water partition coefficient (Wildman–Crippen LogP) is 4.58. The number of anilines is 2. The molecule has 0 fully saturated rings. The van der Waals surface area contributed by atoms with Crippen molar-refractivity contribution >= 4 is 34.8 Å². The van der Waals surface area contributed by atoms with Crippen LogP contribution in [0, 0.1) is 0 Å². The number of aromatic nitrogens is 4. The van der Waals surface area contributed by atoms with Crippen molar-refractivity contribution in [1.29, 1.82) is 0 Å². The number of nitrogens with zero attached hydrogens (tertiary/aromatic N) is 3. The first-order valence-corrected chi connectivity index (χ1v) is 9.78. The summed E-state index contributed by atoms with van der Waals surface area (Å²) in [6, 6.07) is 7.31. The second-order valence-corrected chi connectivity index (χ2v) is 7.32. The molecule has 0 saturated heterocycles. The van der Waals surface area contributed by atoms with E-state index >= 15 is 0 Å². The Kier molecular flexibility index (Phi) is 5.45. The lowest BCUT2D eigenvalue weighted by Crippen LogP contribution is -2.18. The molecule has 27 heavy (non-hydrogen) atoms. The maximum absolute atomic E-state index is 6.38. The summed E-state index contributed by atoms with van der Waals surface area (Å²) in [7, 11) is 0. The number of hydrogen-bond donors (Lipinski definition) is 3. The Morgan fingerprint density at radius 3 is 2.67 bits per heavy atom. The normalized spacial score (nSPS) is 13.3. The van der Waals surface area contributed by atoms with E-state index in [1.165, 1.54) is 12.0 Å². The Bertz CT molecular complexity index is 926. The van der Waals surface area contributed by atoms with Gasteiger partial charge in [-0.05, 0) is 49.9 Å². The van der Waals surface area contributed by atoms with Gasteiger partial charge in [-0.25, -0.2) is 9.97 Å². The molecule has 0 amide bonds. The first-order chi connectivity index (χ1) is 13.2. The van der Waals surface area contributed by atoms with Gasteiger partial charge in [0.1, 0.15) is 11.6 Å². The smallest absolute Gasteiger partial charge is 0.163 e. The molecule has 3 N–H and O–H groups in total. The molecule has 0 unspecified atom stereocenters. The van der Waals surface area contributed by atoms with E-state index in [2.05, 4.69) is 20.8 Å². The van der Waals surface area contributed by atoms with Gasteiger partial charge in [0.25, 0.3) is 0 Å². The zero-order valence-corrected chi connectivity index (χ0v) is 16.2. The van der Waals surface area contributed by atoms with Crippen LogP contribution >= 0.6 is 23.2 Å². The molecule has 4 rings (SSSR count). The number of halogens is 2. The van der Waals surface area contributed by atoms with E-state index in [0.717, 1.165) is 55.2 Å². The maximum atomic E-state index is 6.38. The van der Waals surface area contributed by atoms with Crippen molar-refractivity contribution in [2.75, 3.05) is 23.7 Å². The molecule has 3 aromatic rings. The Morgan fingerprint density at radius 2 is 1.85 bits per heavy atom. The number of rotatable bonds is 6. The second kappa shape index (κ2) is 8.15. The molecule has 8 heteroatoms. The van der Waals surface area contributed by atoms with Gasteiger partial charge in [0.05, 0.1) is 11.2 Å². The minimum atomic E-state index is 0.560. The molecular formula is C19H20Cl2N6. The Hall–Kier alpha value is -2.31. The molecule has 0 saturated carbocycles. The van der Waals surface area contributed by atoms with Crippen LogP contribution in [0.2, 0.25) is 10.0 Å². The van der Waals surface area contributed by atoms with Crippen molar-refractivity contribution in [3.05, 3.63) is 51.8 Å². The van der Waals surface area contributed by atoms with Crippen LogP contribution in [-0.2, 0) is 12.8 Å². The standard InChI is InChI=1S/C19H20Cl2N6/c20-12-5-6-13(15(21)11-12)19-25-16-4-2-1-3-14(16)18(26-19)23-10-9-22-17-7-8-24-27-17/h5-8,11H,1-4,9-10H2,(H2,22,24,27)(H,23,25,26). The topological polar surface area (TPSA) is 78.5 Å². The number of hydrogen-bond acceptors (Lipinski definition) is 5.